The van der Waals surface area contributed by atoms with E-state index in [1.54, 1.807) is 41.3 Å². The van der Waals surface area contributed by atoms with E-state index in [9.17, 15) is 19.1 Å². The number of carbonyl (C=O) groups excluding carboxylic acids is 1. The molecule has 0 bridgehead atoms. The first-order valence-corrected chi connectivity index (χ1v) is 12.7. The summed E-state index contributed by atoms with van der Waals surface area (Å²) in [5.41, 5.74) is 0.663. The van der Waals surface area contributed by atoms with E-state index in [1.807, 2.05) is 6.07 Å². The van der Waals surface area contributed by atoms with Crippen LogP contribution in [0.15, 0.2) is 66.9 Å². The Bertz CT molecular complexity index is 1280. The molecule has 2 fully saturated rings. The van der Waals surface area contributed by atoms with Gasteiger partial charge in [0.25, 0.3) is 0 Å². The molecule has 0 spiro atoms. The van der Waals surface area contributed by atoms with E-state index in [0.29, 0.717) is 30.7 Å². The van der Waals surface area contributed by atoms with E-state index >= 15 is 0 Å². The SMILES string of the molecule is O=C(Nc1cc(Oc2ccc(N(Cc3ccccc3)C(=O)O)c(F)c2)ccn1)N1CCC(N2CCC2)CC1. The third-order valence-electron chi connectivity index (χ3n) is 6.99. The van der Waals surface area contributed by atoms with Crippen molar-refractivity contribution in [3.8, 4) is 11.5 Å². The molecule has 198 valence electrons. The second-order valence-electron chi connectivity index (χ2n) is 9.48. The van der Waals surface area contributed by atoms with E-state index in [-0.39, 0.29) is 24.0 Å². The van der Waals surface area contributed by atoms with Gasteiger partial charge in [-0.15, -0.1) is 0 Å². The van der Waals surface area contributed by atoms with Crippen LogP contribution < -0.4 is 15.0 Å². The minimum absolute atomic E-state index is 0.0106. The summed E-state index contributed by atoms with van der Waals surface area (Å²) in [6, 6.07) is 16.5. The number of piperidine rings is 1. The average Bonchev–Trinajstić information content (AvgIpc) is 2.88. The van der Waals surface area contributed by atoms with Crippen LogP contribution in [-0.2, 0) is 6.54 Å². The number of pyridine rings is 1. The van der Waals surface area contributed by atoms with Crippen molar-refractivity contribution in [2.45, 2.75) is 31.8 Å². The molecule has 9 nitrogen and oxygen atoms in total. The summed E-state index contributed by atoms with van der Waals surface area (Å²) in [6.45, 7) is 3.73. The predicted molar refractivity (Wildman–Crippen MR) is 141 cm³/mol. The van der Waals surface area contributed by atoms with Crippen molar-refractivity contribution in [1.82, 2.24) is 14.8 Å². The number of ether oxygens (including phenoxy) is 1. The Balaban J connectivity index is 1.20. The fraction of sp³-hybridized carbons (Fsp3) is 0.321. The molecule has 0 radical (unpaired) electrons. The Morgan fingerprint density at radius 3 is 2.42 bits per heavy atom. The molecular weight excluding hydrogens is 489 g/mol. The predicted octanol–water partition coefficient (Wildman–Crippen LogP) is 5.40. The molecular formula is C28H30FN5O4. The number of likely N-dealkylation sites (tertiary alicyclic amines) is 2. The molecule has 2 aliphatic heterocycles. The number of amides is 3. The quantitative estimate of drug-likeness (QED) is 0.434. The van der Waals surface area contributed by atoms with Crippen LogP contribution in [0.5, 0.6) is 11.5 Å². The van der Waals surface area contributed by atoms with Crippen molar-refractivity contribution in [2.24, 2.45) is 0 Å². The highest BCUT2D eigenvalue weighted by molar-refractivity contribution is 5.88. The summed E-state index contributed by atoms with van der Waals surface area (Å²) in [6.07, 6.45) is 3.43. The molecule has 2 aliphatic rings. The van der Waals surface area contributed by atoms with Gasteiger partial charge >= 0.3 is 12.1 Å². The van der Waals surface area contributed by atoms with Gasteiger partial charge < -0.3 is 19.6 Å². The van der Waals surface area contributed by atoms with Gasteiger partial charge in [0.2, 0.25) is 0 Å². The number of nitrogens with one attached hydrogen (secondary N) is 1. The molecule has 0 atom stereocenters. The second kappa shape index (κ2) is 11.5. The number of anilines is 2. The highest BCUT2D eigenvalue weighted by Crippen LogP contribution is 2.29. The first-order valence-electron chi connectivity index (χ1n) is 12.7. The number of rotatable bonds is 7. The van der Waals surface area contributed by atoms with Gasteiger partial charge in [-0.25, -0.2) is 19.0 Å². The Morgan fingerprint density at radius 2 is 1.76 bits per heavy atom. The number of nitrogens with zero attached hydrogens (tertiary/aromatic N) is 4. The second-order valence-corrected chi connectivity index (χ2v) is 9.48. The maximum atomic E-state index is 15.0. The summed E-state index contributed by atoms with van der Waals surface area (Å²) in [5.74, 6) is 0.144. The summed E-state index contributed by atoms with van der Waals surface area (Å²) in [5, 5.41) is 12.5. The van der Waals surface area contributed by atoms with Crippen LogP contribution in [-0.4, -0.2) is 64.2 Å². The van der Waals surface area contributed by atoms with Gasteiger partial charge in [-0.2, -0.15) is 0 Å². The standard InChI is InChI=1S/C28H30FN5O4/c29-24-17-22(7-8-25(24)34(28(36)37)19-20-5-2-1-3-6-20)38-23-9-12-30-26(18-23)31-27(35)33-15-10-21(11-16-33)32-13-4-14-32/h1-3,5-9,12,17-18,21H,4,10-11,13-16,19H2,(H,36,37)(H,30,31,35). The van der Waals surface area contributed by atoms with Gasteiger partial charge in [-0.05, 0) is 56.1 Å². The molecule has 1 aromatic heterocycles. The van der Waals surface area contributed by atoms with Crippen LogP contribution in [0.4, 0.5) is 25.5 Å². The number of hydrogen-bond acceptors (Lipinski definition) is 5. The van der Waals surface area contributed by atoms with Gasteiger partial charge in [0.05, 0.1) is 12.2 Å². The Hall–Kier alpha value is -4.18. The number of carboxylic acid groups (broad SMARTS) is 1. The van der Waals surface area contributed by atoms with Crippen molar-refractivity contribution >= 4 is 23.6 Å². The van der Waals surface area contributed by atoms with Crippen molar-refractivity contribution in [3.63, 3.8) is 0 Å². The highest BCUT2D eigenvalue weighted by Gasteiger charge is 2.29. The molecule has 10 heteroatoms. The maximum Gasteiger partial charge on any atom is 0.412 e. The van der Waals surface area contributed by atoms with Crippen LogP contribution in [0, 0.1) is 5.82 Å². The number of halogens is 1. The highest BCUT2D eigenvalue weighted by atomic mass is 19.1. The summed E-state index contributed by atoms with van der Waals surface area (Å²) >= 11 is 0. The lowest BCUT2D eigenvalue weighted by atomic mass is 10.00. The summed E-state index contributed by atoms with van der Waals surface area (Å²) in [7, 11) is 0. The minimum atomic E-state index is -1.26. The maximum absolute atomic E-state index is 15.0. The minimum Gasteiger partial charge on any atom is -0.465 e. The molecule has 38 heavy (non-hydrogen) atoms. The number of benzene rings is 2. The monoisotopic (exact) mass is 519 g/mol. The van der Waals surface area contributed by atoms with Gasteiger partial charge in [0.15, 0.2) is 5.82 Å². The molecule has 0 unspecified atom stereocenters. The fourth-order valence-electron chi connectivity index (χ4n) is 4.80. The normalized spacial score (nSPS) is 16.0. The summed E-state index contributed by atoms with van der Waals surface area (Å²) < 4.78 is 20.7. The van der Waals surface area contributed by atoms with Gasteiger partial charge in [0.1, 0.15) is 17.3 Å². The molecule has 2 N–H and O–H groups in total. The Labute approximate surface area is 220 Å². The van der Waals surface area contributed by atoms with Crippen LogP contribution in [0.3, 0.4) is 0 Å². The molecule has 3 amide bonds. The lowest BCUT2D eigenvalue weighted by molar-refractivity contribution is 0.0734. The van der Waals surface area contributed by atoms with Crippen LogP contribution in [0.1, 0.15) is 24.8 Å². The Morgan fingerprint density at radius 1 is 1.03 bits per heavy atom. The number of aromatic nitrogens is 1. The van der Waals surface area contributed by atoms with Gasteiger partial charge in [-0.3, -0.25) is 10.2 Å². The molecule has 5 rings (SSSR count). The first-order chi connectivity index (χ1) is 18.5. The van der Waals surface area contributed by atoms with Crippen LogP contribution in [0.2, 0.25) is 0 Å². The topological polar surface area (TPSA) is 98.2 Å². The van der Waals surface area contributed by atoms with Crippen molar-refractivity contribution in [2.75, 3.05) is 36.4 Å². The third kappa shape index (κ3) is 6.03. The smallest absolute Gasteiger partial charge is 0.412 e. The largest absolute Gasteiger partial charge is 0.465 e. The molecule has 3 heterocycles. The molecule has 0 saturated carbocycles. The summed E-state index contributed by atoms with van der Waals surface area (Å²) in [4.78, 5) is 34.0. The van der Waals surface area contributed by atoms with Gasteiger partial charge in [-0.1, -0.05) is 30.3 Å². The first kappa shape index (κ1) is 25.5. The molecule has 2 saturated heterocycles. The zero-order valence-corrected chi connectivity index (χ0v) is 20.9. The van der Waals surface area contributed by atoms with Crippen molar-refractivity contribution in [3.05, 3.63) is 78.2 Å². The van der Waals surface area contributed by atoms with Crippen LogP contribution in [0.25, 0.3) is 0 Å². The van der Waals surface area contributed by atoms with Crippen LogP contribution >= 0.6 is 0 Å². The zero-order chi connectivity index (χ0) is 26.5. The molecule has 3 aromatic rings. The van der Waals surface area contributed by atoms with E-state index in [1.165, 1.54) is 24.8 Å². The van der Waals surface area contributed by atoms with E-state index in [2.05, 4.69) is 15.2 Å². The Kier molecular flexibility index (Phi) is 7.69. The lowest BCUT2D eigenvalue weighted by Gasteiger charge is -2.42. The van der Waals surface area contributed by atoms with Crippen molar-refractivity contribution < 1.29 is 23.8 Å². The number of hydrogen-bond donors (Lipinski definition) is 2. The molecule has 2 aromatic carbocycles. The fourth-order valence-corrected chi connectivity index (χ4v) is 4.80. The average molecular weight is 520 g/mol. The van der Waals surface area contributed by atoms with Crippen molar-refractivity contribution in [1.29, 1.82) is 0 Å². The lowest BCUT2D eigenvalue weighted by Crippen LogP contribution is -2.51. The van der Waals surface area contributed by atoms with Gasteiger partial charge in [0, 0.05) is 37.5 Å². The zero-order valence-electron chi connectivity index (χ0n) is 20.9. The van der Waals surface area contributed by atoms with E-state index in [4.69, 9.17) is 4.74 Å². The number of urea groups is 1. The third-order valence-corrected chi connectivity index (χ3v) is 6.99. The molecule has 0 aliphatic carbocycles. The van der Waals surface area contributed by atoms with E-state index in [0.717, 1.165) is 42.5 Å². The van der Waals surface area contributed by atoms with E-state index < -0.39 is 11.9 Å². The number of carbonyl (C=O) groups is 2.